The normalized spacial score (nSPS) is 18.2. The summed E-state index contributed by atoms with van der Waals surface area (Å²) in [6.07, 6.45) is 3.07. The molecule has 1 aliphatic heterocycles. The van der Waals surface area contributed by atoms with Crippen molar-refractivity contribution in [3.05, 3.63) is 80.6 Å². The molecule has 4 rings (SSSR count). The quantitative estimate of drug-likeness (QED) is 0.449. The number of hydrogen-bond acceptors (Lipinski definition) is 4. The highest BCUT2D eigenvalue weighted by atomic mass is 35.5. The number of nitrogens with one attached hydrogen (secondary N) is 1. The minimum atomic E-state index is -1.06. The molecule has 1 N–H and O–H groups in total. The van der Waals surface area contributed by atoms with Crippen LogP contribution in [0.25, 0.3) is 10.9 Å². The highest BCUT2D eigenvalue weighted by molar-refractivity contribution is 6.42. The molecule has 0 spiro atoms. The van der Waals surface area contributed by atoms with Gasteiger partial charge in [-0.1, -0.05) is 29.8 Å². The van der Waals surface area contributed by atoms with Crippen LogP contribution in [0.2, 0.25) is 10.0 Å². The molecule has 2 aromatic carbocycles. The summed E-state index contributed by atoms with van der Waals surface area (Å²) in [7, 11) is 1.63. The highest BCUT2D eigenvalue weighted by Gasteiger charge is 2.44. The molecular weight excluding hydrogens is 454 g/mol. The van der Waals surface area contributed by atoms with Crippen molar-refractivity contribution in [2.75, 3.05) is 18.4 Å². The average Bonchev–Trinajstić information content (AvgIpc) is 3.19. The van der Waals surface area contributed by atoms with Crippen molar-refractivity contribution >= 4 is 45.7 Å². The Balaban J connectivity index is 1.90. The second-order valence-electron chi connectivity index (χ2n) is 7.93. The van der Waals surface area contributed by atoms with Crippen LogP contribution in [0.15, 0.2) is 48.0 Å². The van der Waals surface area contributed by atoms with Crippen LogP contribution in [-0.4, -0.2) is 33.4 Å². The summed E-state index contributed by atoms with van der Waals surface area (Å²) in [6, 6.07) is 6.18. The number of hydrogen-bond donors (Lipinski definition) is 1. The fraction of sp³-hybridized carbons (Fsp3) is 0.261. The van der Waals surface area contributed by atoms with Gasteiger partial charge in [0, 0.05) is 31.4 Å². The summed E-state index contributed by atoms with van der Waals surface area (Å²) >= 11 is 12.7. The Labute approximate surface area is 194 Å². The van der Waals surface area contributed by atoms with Gasteiger partial charge >= 0.3 is 0 Å². The molecule has 32 heavy (non-hydrogen) atoms. The Morgan fingerprint density at radius 2 is 2.06 bits per heavy atom. The summed E-state index contributed by atoms with van der Waals surface area (Å²) in [5, 5.41) is 4.17. The zero-order chi connectivity index (χ0) is 23.2. The summed E-state index contributed by atoms with van der Waals surface area (Å²) in [6.45, 7) is 5.87. The molecule has 0 radical (unpaired) electrons. The number of rotatable bonds is 4. The van der Waals surface area contributed by atoms with Gasteiger partial charge in [-0.2, -0.15) is 0 Å². The maximum absolute atomic E-state index is 15.1. The number of amides is 1. The third-order valence-electron chi connectivity index (χ3n) is 6.00. The number of likely N-dealkylation sites (tertiary alicyclic amines) is 1. The predicted molar refractivity (Wildman–Crippen MR) is 125 cm³/mol. The van der Waals surface area contributed by atoms with Crippen LogP contribution in [0.1, 0.15) is 17.5 Å². The highest BCUT2D eigenvalue weighted by Crippen LogP contribution is 2.43. The summed E-state index contributed by atoms with van der Waals surface area (Å²) in [5.74, 6) is -0.795. The minimum absolute atomic E-state index is 0.0862. The zero-order valence-electron chi connectivity index (χ0n) is 17.6. The van der Waals surface area contributed by atoms with Crippen LogP contribution in [0.3, 0.4) is 0 Å². The first-order valence-corrected chi connectivity index (χ1v) is 10.7. The maximum Gasteiger partial charge on any atom is 0.261 e. The van der Waals surface area contributed by atoms with E-state index >= 15 is 4.39 Å². The number of halogens is 3. The molecule has 3 aromatic rings. The van der Waals surface area contributed by atoms with E-state index in [1.165, 1.54) is 29.1 Å². The van der Waals surface area contributed by atoms with E-state index < -0.39 is 11.4 Å². The number of carbonyl (C=O) groups excluding carboxylic acids is 1. The molecule has 0 bridgehead atoms. The predicted octanol–water partition coefficient (Wildman–Crippen LogP) is 4.41. The minimum Gasteiger partial charge on any atom is -0.373 e. The van der Waals surface area contributed by atoms with E-state index in [0.717, 1.165) is 0 Å². The van der Waals surface area contributed by atoms with Gasteiger partial charge in [0.05, 0.1) is 32.8 Å². The third kappa shape index (κ3) is 3.55. The average molecular weight is 475 g/mol. The first-order valence-electron chi connectivity index (χ1n) is 9.97. The molecule has 1 aliphatic rings. The van der Waals surface area contributed by atoms with Crippen LogP contribution >= 0.6 is 23.2 Å². The van der Waals surface area contributed by atoms with Gasteiger partial charge in [0.25, 0.3) is 5.56 Å². The molecule has 0 saturated carbocycles. The van der Waals surface area contributed by atoms with E-state index in [1.54, 1.807) is 31.0 Å². The first kappa shape index (κ1) is 22.3. The van der Waals surface area contributed by atoms with E-state index in [-0.39, 0.29) is 33.6 Å². The summed E-state index contributed by atoms with van der Waals surface area (Å²) in [4.78, 5) is 31.0. The fourth-order valence-electron chi connectivity index (χ4n) is 4.31. The van der Waals surface area contributed by atoms with Crippen molar-refractivity contribution in [3.8, 4) is 0 Å². The van der Waals surface area contributed by atoms with E-state index in [0.29, 0.717) is 35.1 Å². The Morgan fingerprint density at radius 1 is 1.31 bits per heavy atom. The van der Waals surface area contributed by atoms with Crippen molar-refractivity contribution in [1.29, 1.82) is 0 Å². The van der Waals surface area contributed by atoms with Crippen molar-refractivity contribution in [1.82, 2.24) is 14.5 Å². The van der Waals surface area contributed by atoms with Gasteiger partial charge in [0.1, 0.15) is 5.82 Å². The van der Waals surface area contributed by atoms with Crippen LogP contribution in [-0.2, 0) is 17.4 Å². The Hall–Kier alpha value is -2.90. The topological polar surface area (TPSA) is 67.2 Å². The Kier molecular flexibility index (Phi) is 5.73. The van der Waals surface area contributed by atoms with Crippen molar-refractivity contribution in [2.45, 2.75) is 18.9 Å². The van der Waals surface area contributed by atoms with Crippen LogP contribution < -0.4 is 10.9 Å². The first-order chi connectivity index (χ1) is 15.2. The van der Waals surface area contributed by atoms with Crippen LogP contribution in [0.4, 0.5) is 10.1 Å². The number of anilines is 1. The van der Waals surface area contributed by atoms with Gasteiger partial charge in [0.15, 0.2) is 0 Å². The lowest BCUT2D eigenvalue weighted by molar-refractivity contribution is -0.125. The van der Waals surface area contributed by atoms with Crippen LogP contribution in [0.5, 0.6) is 0 Å². The number of aryl methyl sites for hydroxylation is 2. The van der Waals surface area contributed by atoms with Gasteiger partial charge in [-0.15, -0.1) is 0 Å². The molecule has 1 aromatic heterocycles. The Bertz CT molecular complexity index is 1320. The van der Waals surface area contributed by atoms with Crippen LogP contribution in [0, 0.1) is 12.7 Å². The molecule has 166 valence electrons. The van der Waals surface area contributed by atoms with Gasteiger partial charge < -0.3 is 14.8 Å². The van der Waals surface area contributed by atoms with Crippen molar-refractivity contribution in [3.63, 3.8) is 0 Å². The van der Waals surface area contributed by atoms with Gasteiger partial charge in [-0.05, 0) is 49.2 Å². The smallest absolute Gasteiger partial charge is 0.261 e. The van der Waals surface area contributed by atoms with E-state index in [2.05, 4.69) is 16.9 Å². The lowest BCUT2D eigenvalue weighted by Crippen LogP contribution is -2.41. The van der Waals surface area contributed by atoms with E-state index in [4.69, 9.17) is 23.2 Å². The van der Waals surface area contributed by atoms with Gasteiger partial charge in [0.2, 0.25) is 5.91 Å². The lowest BCUT2D eigenvalue weighted by atomic mass is 9.87. The van der Waals surface area contributed by atoms with E-state index in [1.807, 2.05) is 0 Å². The Morgan fingerprint density at radius 3 is 2.78 bits per heavy atom. The number of fused-ring (bicyclic) bond motifs is 1. The molecule has 1 amide bonds. The molecular formula is C23H21Cl2FN4O2. The summed E-state index contributed by atoms with van der Waals surface area (Å²) < 4.78 is 16.5. The standard InChI is InChI=1S/C23H21Cl2FN4O2/c1-4-18(31)30-10-9-23(11-30,20-15(26)6-5-14(24)21(20)25)28-16-7-8-17-19(13(16)2)22(32)29(3)12-27-17/h4-8,12,28H,1,9-11H2,2-3H3/t23-/m1/s1. The number of carbonyl (C=O) groups is 1. The molecule has 6 nitrogen and oxygen atoms in total. The largest absolute Gasteiger partial charge is 0.373 e. The third-order valence-corrected chi connectivity index (χ3v) is 6.80. The summed E-state index contributed by atoms with van der Waals surface area (Å²) in [5.41, 5.74) is 0.786. The zero-order valence-corrected chi connectivity index (χ0v) is 19.1. The SMILES string of the molecule is C=CC(=O)N1CC[C@](Nc2ccc3ncn(C)c(=O)c3c2C)(c2c(F)ccc(Cl)c2Cl)C1. The monoisotopic (exact) mass is 474 g/mol. The van der Waals surface area contributed by atoms with Gasteiger partial charge in [-0.25, -0.2) is 9.37 Å². The molecule has 0 unspecified atom stereocenters. The lowest BCUT2D eigenvalue weighted by Gasteiger charge is -2.34. The molecule has 0 aliphatic carbocycles. The maximum atomic E-state index is 15.1. The fourth-order valence-corrected chi connectivity index (χ4v) is 4.80. The molecule has 1 saturated heterocycles. The molecule has 2 heterocycles. The molecule has 9 heteroatoms. The van der Waals surface area contributed by atoms with Crippen molar-refractivity contribution in [2.24, 2.45) is 7.05 Å². The van der Waals surface area contributed by atoms with Gasteiger partial charge in [-0.3, -0.25) is 9.59 Å². The number of aromatic nitrogens is 2. The van der Waals surface area contributed by atoms with E-state index in [9.17, 15) is 9.59 Å². The molecule has 1 atom stereocenters. The second-order valence-corrected chi connectivity index (χ2v) is 8.72. The second kappa shape index (κ2) is 8.22. The number of nitrogens with zero attached hydrogens (tertiary/aromatic N) is 3. The molecule has 1 fully saturated rings. The number of benzene rings is 2. The van der Waals surface area contributed by atoms with Crippen molar-refractivity contribution < 1.29 is 9.18 Å².